The van der Waals surface area contributed by atoms with Gasteiger partial charge in [-0.3, -0.25) is 4.98 Å². The van der Waals surface area contributed by atoms with Gasteiger partial charge in [0.15, 0.2) is 0 Å². The molecule has 1 heterocycles. The third kappa shape index (κ3) is 2.66. The Bertz CT molecular complexity index is 833. The van der Waals surface area contributed by atoms with Gasteiger partial charge >= 0.3 is 5.97 Å². The number of fused-ring (bicyclic) bond motifs is 1. The van der Waals surface area contributed by atoms with Crippen LogP contribution in [0.4, 0.5) is 0 Å². The zero-order chi connectivity index (χ0) is 14.8. The van der Waals surface area contributed by atoms with Crippen molar-refractivity contribution in [3.05, 3.63) is 65.4 Å². The van der Waals surface area contributed by atoms with Crippen LogP contribution in [0.25, 0.3) is 10.8 Å². The number of aromatic nitrogens is 1. The molecule has 104 valence electrons. The fourth-order valence-corrected chi connectivity index (χ4v) is 2.29. The summed E-state index contributed by atoms with van der Waals surface area (Å²) >= 11 is 5.88. The van der Waals surface area contributed by atoms with Crippen molar-refractivity contribution in [1.82, 2.24) is 4.98 Å². The largest absolute Gasteiger partial charge is 0.478 e. The molecule has 0 aliphatic carbocycles. The maximum Gasteiger partial charge on any atom is 0.336 e. The third-order valence-electron chi connectivity index (χ3n) is 3.02. The molecule has 0 atom stereocenters. The smallest absolute Gasteiger partial charge is 0.336 e. The van der Waals surface area contributed by atoms with Crippen molar-refractivity contribution in [1.29, 1.82) is 0 Å². The van der Waals surface area contributed by atoms with Crippen LogP contribution >= 0.6 is 11.6 Å². The van der Waals surface area contributed by atoms with Crippen molar-refractivity contribution < 1.29 is 14.6 Å². The number of carboxylic acids is 1. The Morgan fingerprint density at radius 3 is 2.57 bits per heavy atom. The van der Waals surface area contributed by atoms with Gasteiger partial charge in [0.1, 0.15) is 11.5 Å². The van der Waals surface area contributed by atoms with Crippen molar-refractivity contribution in [2.24, 2.45) is 0 Å². The summed E-state index contributed by atoms with van der Waals surface area (Å²) < 4.78 is 5.77. The van der Waals surface area contributed by atoms with Crippen LogP contribution in [-0.4, -0.2) is 16.1 Å². The summed E-state index contributed by atoms with van der Waals surface area (Å²) in [7, 11) is 0. The van der Waals surface area contributed by atoms with Crippen molar-refractivity contribution in [3.8, 4) is 11.5 Å². The average molecular weight is 300 g/mol. The fraction of sp³-hybridized carbons (Fsp3) is 0. The number of hydrogen-bond acceptors (Lipinski definition) is 3. The van der Waals surface area contributed by atoms with Crippen molar-refractivity contribution in [2.45, 2.75) is 0 Å². The minimum atomic E-state index is -0.970. The molecule has 0 amide bonds. The van der Waals surface area contributed by atoms with Gasteiger partial charge in [-0.25, -0.2) is 4.79 Å². The first-order chi connectivity index (χ1) is 10.1. The number of aromatic carboxylic acids is 1. The molecule has 4 nitrogen and oxygen atoms in total. The first-order valence-electron chi connectivity index (χ1n) is 6.18. The molecule has 0 spiro atoms. The van der Waals surface area contributed by atoms with Gasteiger partial charge in [-0.1, -0.05) is 35.9 Å². The molecule has 21 heavy (non-hydrogen) atoms. The van der Waals surface area contributed by atoms with Crippen LogP contribution in [0.5, 0.6) is 11.5 Å². The molecule has 2 aromatic carbocycles. The summed E-state index contributed by atoms with van der Waals surface area (Å²) in [5.74, 6) is 0.0811. The van der Waals surface area contributed by atoms with E-state index in [1.807, 2.05) is 12.1 Å². The van der Waals surface area contributed by atoms with E-state index in [1.54, 1.807) is 30.5 Å². The van der Waals surface area contributed by atoms with Gasteiger partial charge in [0.25, 0.3) is 0 Å². The molecule has 1 aromatic heterocycles. The zero-order valence-corrected chi connectivity index (χ0v) is 11.5. The number of carbonyl (C=O) groups is 1. The summed E-state index contributed by atoms with van der Waals surface area (Å²) in [6.45, 7) is 0. The molecule has 0 saturated carbocycles. The Balaban J connectivity index is 2.12. The quantitative estimate of drug-likeness (QED) is 0.779. The molecular formula is C16H10ClNO3. The van der Waals surface area contributed by atoms with Crippen LogP contribution < -0.4 is 4.74 Å². The summed E-state index contributed by atoms with van der Waals surface area (Å²) in [5.41, 5.74) is 0.238. The van der Waals surface area contributed by atoms with E-state index in [0.29, 0.717) is 21.9 Å². The lowest BCUT2D eigenvalue weighted by atomic mass is 10.0. The van der Waals surface area contributed by atoms with Gasteiger partial charge in [-0.05, 0) is 17.5 Å². The van der Waals surface area contributed by atoms with Gasteiger partial charge in [-0.15, -0.1) is 0 Å². The second-order valence-corrected chi connectivity index (χ2v) is 4.84. The van der Waals surface area contributed by atoms with Crippen LogP contribution in [0.1, 0.15) is 10.4 Å². The van der Waals surface area contributed by atoms with Gasteiger partial charge in [0.2, 0.25) is 0 Å². The minimum Gasteiger partial charge on any atom is -0.478 e. The number of pyridine rings is 1. The lowest BCUT2D eigenvalue weighted by Crippen LogP contribution is -1.98. The lowest BCUT2D eigenvalue weighted by Gasteiger charge is -2.10. The van der Waals surface area contributed by atoms with E-state index >= 15 is 0 Å². The van der Waals surface area contributed by atoms with E-state index in [2.05, 4.69) is 4.98 Å². The molecule has 5 heteroatoms. The van der Waals surface area contributed by atoms with E-state index in [1.165, 1.54) is 12.3 Å². The first kappa shape index (κ1) is 13.4. The highest BCUT2D eigenvalue weighted by molar-refractivity contribution is 6.30. The molecule has 3 rings (SSSR count). The summed E-state index contributed by atoms with van der Waals surface area (Å²) in [4.78, 5) is 15.2. The Morgan fingerprint density at radius 1 is 1.10 bits per heavy atom. The average Bonchev–Trinajstić information content (AvgIpc) is 2.47. The highest BCUT2D eigenvalue weighted by Crippen LogP contribution is 2.32. The first-order valence-corrected chi connectivity index (χ1v) is 6.56. The number of halogens is 1. The Labute approximate surface area is 125 Å². The maximum atomic E-state index is 11.3. The lowest BCUT2D eigenvalue weighted by molar-refractivity contribution is 0.0699. The van der Waals surface area contributed by atoms with E-state index in [0.717, 1.165) is 5.39 Å². The van der Waals surface area contributed by atoms with E-state index in [9.17, 15) is 9.90 Å². The molecular weight excluding hydrogens is 290 g/mol. The Morgan fingerprint density at radius 2 is 1.86 bits per heavy atom. The number of carboxylic acid groups (broad SMARTS) is 1. The molecule has 0 fully saturated rings. The molecule has 0 unspecified atom stereocenters. The molecule has 0 radical (unpaired) electrons. The zero-order valence-electron chi connectivity index (χ0n) is 10.8. The Kier molecular flexibility index (Phi) is 3.46. The van der Waals surface area contributed by atoms with Gasteiger partial charge in [0.05, 0.1) is 16.8 Å². The summed E-state index contributed by atoms with van der Waals surface area (Å²) in [6.07, 6.45) is 3.06. The molecule has 0 saturated heterocycles. The van der Waals surface area contributed by atoms with Crippen molar-refractivity contribution >= 4 is 28.3 Å². The van der Waals surface area contributed by atoms with Gasteiger partial charge in [0, 0.05) is 17.6 Å². The van der Waals surface area contributed by atoms with Crippen LogP contribution in [0, 0.1) is 0 Å². The number of ether oxygens (including phenoxy) is 1. The van der Waals surface area contributed by atoms with Crippen molar-refractivity contribution in [2.75, 3.05) is 0 Å². The molecule has 0 bridgehead atoms. The highest BCUT2D eigenvalue weighted by atomic mass is 35.5. The summed E-state index contributed by atoms with van der Waals surface area (Å²) in [6, 6.07) is 12.0. The molecule has 3 aromatic rings. The van der Waals surface area contributed by atoms with E-state index < -0.39 is 5.97 Å². The predicted molar refractivity (Wildman–Crippen MR) is 80.2 cm³/mol. The van der Waals surface area contributed by atoms with Crippen LogP contribution in [-0.2, 0) is 0 Å². The predicted octanol–water partition coefficient (Wildman–Crippen LogP) is 4.38. The second kappa shape index (κ2) is 5.42. The minimum absolute atomic E-state index is 0.238. The second-order valence-electron chi connectivity index (χ2n) is 4.40. The van der Waals surface area contributed by atoms with Crippen LogP contribution in [0.2, 0.25) is 5.02 Å². The topological polar surface area (TPSA) is 59.4 Å². The van der Waals surface area contributed by atoms with Gasteiger partial charge in [-0.2, -0.15) is 0 Å². The monoisotopic (exact) mass is 299 g/mol. The van der Waals surface area contributed by atoms with E-state index in [4.69, 9.17) is 16.3 Å². The third-order valence-corrected chi connectivity index (χ3v) is 3.23. The summed E-state index contributed by atoms with van der Waals surface area (Å²) in [5, 5.41) is 11.0. The number of rotatable bonds is 3. The number of hydrogen-bond donors (Lipinski definition) is 1. The SMILES string of the molecule is O=C(O)c1ccc(Oc2cncc(Cl)c2)c2ccccc12. The fourth-order valence-electron chi connectivity index (χ4n) is 2.12. The van der Waals surface area contributed by atoms with Crippen LogP contribution in [0.3, 0.4) is 0 Å². The molecule has 0 aliphatic heterocycles. The number of nitrogens with zero attached hydrogens (tertiary/aromatic N) is 1. The number of benzene rings is 2. The normalized spacial score (nSPS) is 10.5. The highest BCUT2D eigenvalue weighted by Gasteiger charge is 2.12. The molecule has 1 N–H and O–H groups in total. The molecule has 0 aliphatic rings. The standard InChI is InChI=1S/C16H10ClNO3/c17-10-7-11(9-18-8-10)21-15-6-5-14(16(19)20)12-3-1-2-4-13(12)15/h1-9H,(H,19,20). The Hall–Kier alpha value is -2.59. The van der Waals surface area contributed by atoms with Crippen LogP contribution in [0.15, 0.2) is 54.9 Å². The van der Waals surface area contributed by atoms with Crippen molar-refractivity contribution in [3.63, 3.8) is 0 Å². The van der Waals surface area contributed by atoms with Gasteiger partial charge < -0.3 is 9.84 Å². The maximum absolute atomic E-state index is 11.3. The van der Waals surface area contributed by atoms with E-state index in [-0.39, 0.29) is 5.56 Å².